The maximum atomic E-state index is 12.9. The second-order valence-electron chi connectivity index (χ2n) is 8.03. The van der Waals surface area contributed by atoms with E-state index < -0.39 is 17.4 Å². The van der Waals surface area contributed by atoms with Gasteiger partial charge in [0, 0.05) is 24.2 Å². The number of H-pyrrole nitrogens is 1. The molecular weight excluding hydrogens is 436 g/mol. The third-order valence-electron chi connectivity index (χ3n) is 5.29. The van der Waals surface area contributed by atoms with Crippen molar-refractivity contribution in [2.45, 2.75) is 59.8 Å². The van der Waals surface area contributed by atoms with E-state index in [1.54, 1.807) is 24.3 Å². The number of aromatic amines is 1. The number of aromatic nitrogens is 1. The van der Waals surface area contributed by atoms with Crippen molar-refractivity contribution >= 4 is 23.3 Å². The lowest BCUT2D eigenvalue weighted by Crippen LogP contribution is -2.32. The summed E-state index contributed by atoms with van der Waals surface area (Å²) in [5.74, 6) is -1.34. The van der Waals surface area contributed by atoms with Crippen LogP contribution in [0.5, 0.6) is 5.88 Å². The number of azo groups is 1. The summed E-state index contributed by atoms with van der Waals surface area (Å²) >= 11 is 0. The molecule has 0 atom stereocenters. The van der Waals surface area contributed by atoms with Crippen LogP contribution in [0.25, 0.3) is 0 Å². The van der Waals surface area contributed by atoms with Gasteiger partial charge in [-0.3, -0.25) is 14.6 Å². The summed E-state index contributed by atoms with van der Waals surface area (Å²) in [6.07, 6.45) is 4.56. The van der Waals surface area contributed by atoms with Gasteiger partial charge in [-0.1, -0.05) is 33.6 Å². The van der Waals surface area contributed by atoms with Gasteiger partial charge in [0.2, 0.25) is 5.88 Å². The molecule has 9 heteroatoms. The van der Waals surface area contributed by atoms with Crippen LogP contribution in [0.3, 0.4) is 0 Å². The van der Waals surface area contributed by atoms with E-state index in [-0.39, 0.29) is 29.3 Å². The number of pyridine rings is 1. The van der Waals surface area contributed by atoms with Gasteiger partial charge in [-0.15, -0.1) is 5.11 Å². The van der Waals surface area contributed by atoms with E-state index in [9.17, 15) is 19.5 Å². The maximum Gasteiger partial charge on any atom is 0.343 e. The van der Waals surface area contributed by atoms with Gasteiger partial charge in [-0.2, -0.15) is 5.11 Å². The van der Waals surface area contributed by atoms with Crippen LogP contribution < -0.4 is 5.56 Å². The zero-order valence-corrected chi connectivity index (χ0v) is 20.4. The molecule has 9 nitrogen and oxygen atoms in total. The summed E-state index contributed by atoms with van der Waals surface area (Å²) < 4.78 is 5.07. The summed E-state index contributed by atoms with van der Waals surface area (Å²) in [5, 5.41) is 18.1. The summed E-state index contributed by atoms with van der Waals surface area (Å²) in [5.41, 5.74) is 0.229. The molecule has 0 fully saturated rings. The zero-order valence-electron chi connectivity index (χ0n) is 20.4. The lowest BCUT2D eigenvalue weighted by atomic mass is 10.1. The lowest BCUT2D eigenvalue weighted by Gasteiger charge is -2.22. The predicted octanol–water partition coefficient (Wildman–Crippen LogP) is 5.41. The smallest absolute Gasteiger partial charge is 0.343 e. The van der Waals surface area contributed by atoms with Crippen LogP contribution in [-0.2, 0) is 4.74 Å². The highest BCUT2D eigenvalue weighted by Gasteiger charge is 2.21. The van der Waals surface area contributed by atoms with E-state index in [1.807, 2.05) is 11.8 Å². The molecule has 1 amide bonds. The highest BCUT2D eigenvalue weighted by Crippen LogP contribution is 2.26. The molecule has 34 heavy (non-hydrogen) atoms. The number of hydrogen-bond donors (Lipinski definition) is 2. The van der Waals surface area contributed by atoms with Gasteiger partial charge in [0.15, 0.2) is 5.69 Å². The van der Waals surface area contributed by atoms with Gasteiger partial charge >= 0.3 is 5.97 Å². The number of nitrogens with one attached hydrogen (secondary N) is 1. The first kappa shape index (κ1) is 26.8. The van der Waals surface area contributed by atoms with Crippen molar-refractivity contribution < 1.29 is 19.4 Å². The molecule has 0 aliphatic rings. The van der Waals surface area contributed by atoms with E-state index in [0.29, 0.717) is 17.7 Å². The number of esters is 1. The number of carbonyl (C=O) groups is 2. The third-order valence-corrected chi connectivity index (χ3v) is 5.29. The van der Waals surface area contributed by atoms with Crippen LogP contribution in [0, 0.1) is 6.92 Å². The Labute approximate surface area is 199 Å². The summed E-state index contributed by atoms with van der Waals surface area (Å²) in [7, 11) is 0. The fourth-order valence-electron chi connectivity index (χ4n) is 3.31. The van der Waals surface area contributed by atoms with Crippen molar-refractivity contribution in [1.29, 1.82) is 0 Å². The van der Waals surface area contributed by atoms with E-state index in [0.717, 1.165) is 38.8 Å². The minimum absolute atomic E-state index is 0.0218. The summed E-state index contributed by atoms with van der Waals surface area (Å²) in [6.45, 7) is 9.17. The molecule has 1 aromatic heterocycles. The SMILES string of the molecule is CCCCN(CCCC)C(=O)c1ccc(N=Nc2c(C)c(C(=O)OCCC)c(O)[nH]c2=O)cc1. The number of aromatic hydroxyl groups is 1. The first-order valence-electron chi connectivity index (χ1n) is 11.8. The number of ether oxygens (including phenoxy) is 1. The van der Waals surface area contributed by atoms with Gasteiger partial charge in [0.05, 0.1) is 12.3 Å². The Balaban J connectivity index is 2.24. The van der Waals surface area contributed by atoms with Gasteiger partial charge in [0.25, 0.3) is 11.5 Å². The Morgan fingerprint density at radius 2 is 1.62 bits per heavy atom. The lowest BCUT2D eigenvalue weighted by molar-refractivity contribution is 0.0499. The van der Waals surface area contributed by atoms with E-state index in [2.05, 4.69) is 29.1 Å². The molecule has 1 aromatic carbocycles. The standard InChI is InChI=1S/C25H34N4O5/c1-5-8-14-29(15-9-6-2)24(32)18-10-12-19(13-11-18)27-28-21-17(4)20(22(30)26-23(21)31)25(33)34-16-7-3/h10-13H,5-9,14-16H2,1-4H3,(H2,26,30,31). The van der Waals surface area contributed by atoms with E-state index >= 15 is 0 Å². The van der Waals surface area contributed by atoms with E-state index in [1.165, 1.54) is 6.92 Å². The molecule has 0 aliphatic heterocycles. The van der Waals surface area contributed by atoms with Crippen molar-refractivity contribution in [2.75, 3.05) is 19.7 Å². The zero-order chi connectivity index (χ0) is 25.1. The molecule has 0 aliphatic carbocycles. The average Bonchev–Trinajstić information content (AvgIpc) is 2.82. The van der Waals surface area contributed by atoms with Gasteiger partial charge in [-0.05, 0) is 50.5 Å². The minimum Gasteiger partial charge on any atom is -0.494 e. The fraction of sp³-hybridized carbons (Fsp3) is 0.480. The Kier molecular flexibility index (Phi) is 10.4. The average molecular weight is 471 g/mol. The molecule has 184 valence electrons. The summed E-state index contributed by atoms with van der Waals surface area (Å²) in [6, 6.07) is 6.66. The molecule has 0 spiro atoms. The number of carbonyl (C=O) groups excluding carboxylic acids is 2. The van der Waals surface area contributed by atoms with Crippen LogP contribution in [-0.4, -0.2) is 46.6 Å². The van der Waals surface area contributed by atoms with Crippen LogP contribution in [0.2, 0.25) is 0 Å². The third kappa shape index (κ3) is 7.00. The number of nitrogens with zero attached hydrogens (tertiary/aromatic N) is 3. The monoisotopic (exact) mass is 470 g/mol. The minimum atomic E-state index is -0.747. The van der Waals surface area contributed by atoms with Crippen LogP contribution in [0.4, 0.5) is 11.4 Å². The van der Waals surface area contributed by atoms with Crippen molar-refractivity contribution in [3.63, 3.8) is 0 Å². The predicted molar refractivity (Wildman–Crippen MR) is 130 cm³/mol. The van der Waals surface area contributed by atoms with Crippen LogP contribution in [0.15, 0.2) is 39.3 Å². The molecule has 2 N–H and O–H groups in total. The van der Waals surface area contributed by atoms with E-state index in [4.69, 9.17) is 4.74 Å². The Bertz CT molecular complexity index is 1050. The van der Waals surface area contributed by atoms with Crippen LogP contribution >= 0.6 is 0 Å². The normalized spacial score (nSPS) is 11.1. The van der Waals surface area contributed by atoms with Crippen molar-refractivity contribution in [2.24, 2.45) is 10.2 Å². The van der Waals surface area contributed by atoms with Gasteiger partial charge < -0.3 is 14.7 Å². The molecule has 0 bridgehead atoms. The molecule has 0 saturated carbocycles. The highest BCUT2D eigenvalue weighted by molar-refractivity contribution is 5.95. The fourth-order valence-corrected chi connectivity index (χ4v) is 3.31. The number of benzene rings is 1. The Morgan fingerprint density at radius 3 is 2.18 bits per heavy atom. The van der Waals surface area contributed by atoms with Gasteiger partial charge in [0.1, 0.15) is 5.56 Å². The number of amides is 1. The van der Waals surface area contributed by atoms with Crippen molar-refractivity contribution in [3.8, 4) is 5.88 Å². The number of hydrogen-bond acceptors (Lipinski definition) is 7. The first-order chi connectivity index (χ1) is 16.3. The molecule has 2 rings (SSSR count). The first-order valence-corrected chi connectivity index (χ1v) is 11.8. The molecule has 0 saturated heterocycles. The molecule has 1 heterocycles. The highest BCUT2D eigenvalue weighted by atomic mass is 16.5. The maximum absolute atomic E-state index is 12.9. The Morgan fingerprint density at radius 1 is 1.00 bits per heavy atom. The van der Waals surface area contributed by atoms with Gasteiger partial charge in [-0.25, -0.2) is 4.79 Å². The summed E-state index contributed by atoms with van der Waals surface area (Å²) in [4.78, 5) is 41.5. The molecule has 2 aromatic rings. The van der Waals surface area contributed by atoms with Crippen molar-refractivity contribution in [1.82, 2.24) is 9.88 Å². The molecule has 0 unspecified atom stereocenters. The second kappa shape index (κ2) is 13.3. The van der Waals surface area contributed by atoms with Crippen LogP contribution in [0.1, 0.15) is 79.2 Å². The van der Waals surface area contributed by atoms with Crippen molar-refractivity contribution in [3.05, 3.63) is 51.3 Å². The quantitative estimate of drug-likeness (QED) is 0.317. The number of rotatable bonds is 12. The molecule has 0 radical (unpaired) electrons. The topological polar surface area (TPSA) is 124 Å². The second-order valence-corrected chi connectivity index (χ2v) is 8.03. The number of unbranched alkanes of at least 4 members (excludes halogenated alkanes) is 2. The molecular formula is C25H34N4O5. The largest absolute Gasteiger partial charge is 0.494 e. The Hall–Kier alpha value is -3.49.